The van der Waals surface area contributed by atoms with E-state index >= 15 is 0 Å². The van der Waals surface area contributed by atoms with Crippen LogP contribution in [0, 0.1) is 0 Å². The molecule has 0 saturated carbocycles. The number of anilines is 1. The number of carbonyl (C=O) groups excluding carboxylic acids is 1. The third-order valence-electron chi connectivity index (χ3n) is 5.63. The monoisotopic (exact) mass is 383 g/mol. The average Bonchev–Trinajstić information content (AvgIpc) is 3.23. The fourth-order valence-electron chi connectivity index (χ4n) is 4.20. The lowest BCUT2D eigenvalue weighted by Crippen LogP contribution is -2.42. The van der Waals surface area contributed by atoms with Crippen molar-refractivity contribution in [3.05, 3.63) is 53.5 Å². The zero-order valence-electron chi connectivity index (χ0n) is 17.7. The first-order valence-corrected chi connectivity index (χ1v) is 10.3. The van der Waals surface area contributed by atoms with Gasteiger partial charge in [-0.2, -0.15) is 0 Å². The zero-order valence-corrected chi connectivity index (χ0v) is 17.7. The van der Waals surface area contributed by atoms with Crippen LogP contribution in [0.4, 0.5) is 5.69 Å². The lowest BCUT2D eigenvalue weighted by molar-refractivity contribution is 0.0937. The fraction of sp³-hybridized carbons (Fsp3) is 0.522. The fourth-order valence-corrected chi connectivity index (χ4v) is 4.20. The Morgan fingerprint density at radius 2 is 1.93 bits per heavy atom. The molecule has 0 bridgehead atoms. The number of fused-ring (bicyclic) bond motifs is 1. The van der Waals surface area contributed by atoms with E-state index in [1.807, 2.05) is 0 Å². The van der Waals surface area contributed by atoms with Crippen LogP contribution in [0.15, 0.2) is 41.0 Å². The second kappa shape index (κ2) is 8.82. The van der Waals surface area contributed by atoms with Crippen molar-refractivity contribution in [2.75, 3.05) is 18.0 Å². The maximum atomic E-state index is 12.7. The van der Waals surface area contributed by atoms with E-state index in [-0.39, 0.29) is 5.91 Å². The molecule has 1 aromatic heterocycles. The molecular formula is C23H33N3O2. The van der Waals surface area contributed by atoms with Gasteiger partial charge in [0, 0.05) is 36.9 Å². The van der Waals surface area contributed by atoms with Crippen LogP contribution in [0.2, 0.25) is 0 Å². The van der Waals surface area contributed by atoms with Crippen molar-refractivity contribution in [1.82, 2.24) is 10.2 Å². The molecular weight excluding hydrogens is 350 g/mol. The lowest BCUT2D eigenvalue weighted by Gasteiger charge is -2.30. The van der Waals surface area contributed by atoms with E-state index < -0.39 is 0 Å². The summed E-state index contributed by atoms with van der Waals surface area (Å²) in [6, 6.07) is 11.6. The number of para-hydroxylation sites is 1. The summed E-state index contributed by atoms with van der Waals surface area (Å²) >= 11 is 0. The maximum Gasteiger partial charge on any atom is 0.254 e. The summed E-state index contributed by atoms with van der Waals surface area (Å²) in [5.74, 6) is 0.668. The Balaban J connectivity index is 1.63. The molecule has 2 aromatic rings. The Bertz CT molecular complexity index is 789. The van der Waals surface area contributed by atoms with Gasteiger partial charge >= 0.3 is 0 Å². The van der Waals surface area contributed by atoms with Gasteiger partial charge in [0.15, 0.2) is 0 Å². The summed E-state index contributed by atoms with van der Waals surface area (Å²) in [5, 5.41) is 3.06. The molecule has 5 nitrogen and oxygen atoms in total. The van der Waals surface area contributed by atoms with E-state index in [4.69, 9.17) is 4.42 Å². The molecule has 28 heavy (non-hydrogen) atoms. The highest BCUT2D eigenvalue weighted by Crippen LogP contribution is 2.33. The second-order valence-corrected chi connectivity index (χ2v) is 8.25. The topological polar surface area (TPSA) is 48.7 Å². The minimum Gasteiger partial charge on any atom is -0.467 e. The number of amides is 1. The van der Waals surface area contributed by atoms with Crippen LogP contribution in [0.1, 0.15) is 56.3 Å². The first-order valence-electron chi connectivity index (χ1n) is 10.3. The van der Waals surface area contributed by atoms with E-state index in [0.29, 0.717) is 36.8 Å². The molecule has 5 heteroatoms. The van der Waals surface area contributed by atoms with Crippen LogP contribution in [-0.2, 0) is 13.0 Å². The van der Waals surface area contributed by atoms with Crippen LogP contribution in [-0.4, -0.2) is 42.0 Å². The molecule has 0 fully saturated rings. The first-order chi connectivity index (χ1) is 13.4. The first kappa shape index (κ1) is 20.5. The maximum absolute atomic E-state index is 12.7. The van der Waals surface area contributed by atoms with Gasteiger partial charge in [0.05, 0.1) is 18.4 Å². The molecule has 0 saturated heterocycles. The van der Waals surface area contributed by atoms with Gasteiger partial charge in [0.2, 0.25) is 0 Å². The van der Waals surface area contributed by atoms with E-state index in [1.54, 1.807) is 12.3 Å². The van der Waals surface area contributed by atoms with Gasteiger partial charge in [-0.3, -0.25) is 9.69 Å². The Kier molecular flexibility index (Phi) is 6.45. The Labute approximate surface area is 168 Å². The van der Waals surface area contributed by atoms with E-state index in [2.05, 4.69) is 74.0 Å². The third kappa shape index (κ3) is 4.41. The molecule has 1 aliphatic heterocycles. The molecule has 1 unspecified atom stereocenters. The van der Waals surface area contributed by atoms with Crippen LogP contribution in [0.5, 0.6) is 0 Å². The Morgan fingerprint density at radius 1 is 1.21 bits per heavy atom. The van der Waals surface area contributed by atoms with Gasteiger partial charge in [-0.15, -0.1) is 0 Å². The number of furan rings is 1. The van der Waals surface area contributed by atoms with Gasteiger partial charge < -0.3 is 14.6 Å². The molecule has 1 amide bonds. The van der Waals surface area contributed by atoms with E-state index in [1.165, 1.54) is 11.3 Å². The van der Waals surface area contributed by atoms with Gasteiger partial charge in [0.25, 0.3) is 5.91 Å². The van der Waals surface area contributed by atoms with E-state index in [0.717, 1.165) is 18.7 Å². The second-order valence-electron chi connectivity index (χ2n) is 8.25. The number of hydrogen-bond donors (Lipinski definition) is 1. The Morgan fingerprint density at radius 3 is 2.64 bits per heavy atom. The molecule has 0 spiro atoms. The predicted molar refractivity (Wildman–Crippen MR) is 114 cm³/mol. The summed E-state index contributed by atoms with van der Waals surface area (Å²) in [6.45, 7) is 13.0. The summed E-state index contributed by atoms with van der Waals surface area (Å²) in [5.41, 5.74) is 3.23. The highest BCUT2D eigenvalue weighted by atomic mass is 16.3. The SMILES string of the molecule is CC1Cc2ccccc2N1Cc1occc1C(=O)NCCN(C(C)C)C(C)C. The normalized spacial score (nSPS) is 16.3. The van der Waals surface area contributed by atoms with Gasteiger partial charge in [-0.25, -0.2) is 0 Å². The van der Waals surface area contributed by atoms with Crippen molar-refractivity contribution < 1.29 is 9.21 Å². The van der Waals surface area contributed by atoms with Crippen molar-refractivity contribution in [1.29, 1.82) is 0 Å². The van der Waals surface area contributed by atoms with Crippen molar-refractivity contribution in [2.24, 2.45) is 0 Å². The molecule has 1 aliphatic rings. The zero-order chi connectivity index (χ0) is 20.3. The highest BCUT2D eigenvalue weighted by Gasteiger charge is 2.28. The smallest absolute Gasteiger partial charge is 0.254 e. The third-order valence-corrected chi connectivity index (χ3v) is 5.63. The minimum atomic E-state index is -0.0589. The number of nitrogens with zero attached hydrogens (tertiary/aromatic N) is 2. The standard InChI is InChI=1S/C23H33N3O2/c1-16(2)25(17(3)4)12-11-24-23(27)20-10-13-28-22(20)15-26-18(5)14-19-8-6-7-9-21(19)26/h6-10,13,16-18H,11-12,14-15H2,1-5H3,(H,24,27). The van der Waals surface area contributed by atoms with Crippen LogP contribution >= 0.6 is 0 Å². The minimum absolute atomic E-state index is 0.0589. The average molecular weight is 384 g/mol. The summed E-state index contributed by atoms with van der Waals surface area (Å²) in [6.07, 6.45) is 2.64. The molecule has 2 heterocycles. The number of nitrogens with one attached hydrogen (secondary N) is 1. The number of rotatable bonds is 8. The summed E-state index contributed by atoms with van der Waals surface area (Å²) in [4.78, 5) is 17.4. The quantitative estimate of drug-likeness (QED) is 0.746. The van der Waals surface area contributed by atoms with Crippen LogP contribution in [0.3, 0.4) is 0 Å². The Hall–Kier alpha value is -2.27. The molecule has 3 rings (SSSR count). The molecule has 0 aliphatic carbocycles. The lowest BCUT2D eigenvalue weighted by atomic mass is 10.1. The molecule has 152 valence electrons. The van der Waals surface area contributed by atoms with Crippen LogP contribution in [0.25, 0.3) is 0 Å². The molecule has 1 atom stereocenters. The van der Waals surface area contributed by atoms with Crippen LogP contribution < -0.4 is 10.2 Å². The van der Waals surface area contributed by atoms with Crippen molar-refractivity contribution in [3.63, 3.8) is 0 Å². The number of hydrogen-bond acceptors (Lipinski definition) is 4. The molecule has 1 N–H and O–H groups in total. The highest BCUT2D eigenvalue weighted by molar-refractivity contribution is 5.95. The molecule has 1 aromatic carbocycles. The van der Waals surface area contributed by atoms with Gasteiger partial charge in [-0.1, -0.05) is 18.2 Å². The van der Waals surface area contributed by atoms with Crippen molar-refractivity contribution in [2.45, 2.75) is 65.7 Å². The summed E-state index contributed by atoms with van der Waals surface area (Å²) < 4.78 is 5.70. The van der Waals surface area contributed by atoms with Gasteiger partial charge in [-0.05, 0) is 58.7 Å². The predicted octanol–water partition coefficient (Wildman–Crippen LogP) is 4.08. The van der Waals surface area contributed by atoms with E-state index in [9.17, 15) is 4.79 Å². The summed E-state index contributed by atoms with van der Waals surface area (Å²) in [7, 11) is 0. The largest absolute Gasteiger partial charge is 0.467 e. The molecule has 0 radical (unpaired) electrons. The van der Waals surface area contributed by atoms with Gasteiger partial charge in [0.1, 0.15) is 5.76 Å². The number of carbonyl (C=O) groups is 1. The number of benzene rings is 1. The van der Waals surface area contributed by atoms with Crippen molar-refractivity contribution in [3.8, 4) is 0 Å². The van der Waals surface area contributed by atoms with Crippen molar-refractivity contribution >= 4 is 11.6 Å².